The predicted molar refractivity (Wildman–Crippen MR) is 114 cm³/mol. The normalized spacial score (nSPS) is 16.5. The molecule has 0 saturated heterocycles. The standard InChI is InChI=1S/C21H26FN3O5S/c1-21(2,3)13-30-20(27)24-16-9-19-18(23-10-16)8-14(12-26)11-25(19)31(28,29)17-6-4-15(22)5-7-17/h4-7,9-10,14,26H,8,11-13H2,1-3H3,(H,24,27)/t14-/m0/s1. The van der Waals surface area contributed by atoms with Gasteiger partial charge in [-0.15, -0.1) is 0 Å². The first kappa shape index (κ1) is 23.0. The number of pyridine rings is 1. The minimum atomic E-state index is -4.04. The third-order valence-corrected chi connectivity index (χ3v) is 6.46. The number of carbonyl (C=O) groups excluding carboxylic acids is 1. The third-order valence-electron chi connectivity index (χ3n) is 4.66. The van der Waals surface area contributed by atoms with Crippen molar-refractivity contribution in [2.24, 2.45) is 11.3 Å². The molecule has 10 heteroatoms. The molecule has 1 aliphatic rings. The maximum absolute atomic E-state index is 13.3. The Morgan fingerprint density at radius 3 is 2.61 bits per heavy atom. The van der Waals surface area contributed by atoms with Crippen LogP contribution in [0.2, 0.25) is 0 Å². The van der Waals surface area contributed by atoms with Crippen LogP contribution in [0.25, 0.3) is 0 Å². The van der Waals surface area contributed by atoms with Crippen molar-refractivity contribution in [3.8, 4) is 0 Å². The number of ether oxygens (including phenoxy) is 1. The van der Waals surface area contributed by atoms with E-state index in [1.165, 1.54) is 24.4 Å². The van der Waals surface area contributed by atoms with Gasteiger partial charge in [0.15, 0.2) is 0 Å². The van der Waals surface area contributed by atoms with Gasteiger partial charge in [-0.1, -0.05) is 20.8 Å². The Hall–Kier alpha value is -2.72. The molecule has 2 N–H and O–H groups in total. The van der Waals surface area contributed by atoms with Gasteiger partial charge in [-0.2, -0.15) is 0 Å². The summed E-state index contributed by atoms with van der Waals surface area (Å²) in [5.41, 5.74) is 0.844. The number of anilines is 2. The van der Waals surface area contributed by atoms with E-state index in [2.05, 4.69) is 10.3 Å². The molecule has 1 atom stereocenters. The molecule has 1 aromatic carbocycles. The van der Waals surface area contributed by atoms with E-state index in [1.807, 2.05) is 20.8 Å². The van der Waals surface area contributed by atoms with E-state index >= 15 is 0 Å². The third kappa shape index (κ3) is 5.50. The number of aliphatic hydroxyl groups excluding tert-OH is 1. The number of rotatable bonds is 5. The summed E-state index contributed by atoms with van der Waals surface area (Å²) in [6, 6.07) is 6.03. The molecule has 168 valence electrons. The maximum atomic E-state index is 13.3. The van der Waals surface area contributed by atoms with Gasteiger partial charge in [0.1, 0.15) is 5.82 Å². The van der Waals surface area contributed by atoms with E-state index in [1.54, 1.807) is 0 Å². The molecule has 0 bridgehead atoms. The molecule has 8 nitrogen and oxygen atoms in total. The van der Waals surface area contributed by atoms with Crippen LogP contribution in [-0.2, 0) is 21.2 Å². The summed E-state index contributed by atoms with van der Waals surface area (Å²) >= 11 is 0. The van der Waals surface area contributed by atoms with Gasteiger partial charge in [0.2, 0.25) is 0 Å². The van der Waals surface area contributed by atoms with E-state index in [4.69, 9.17) is 4.74 Å². The number of benzene rings is 1. The highest BCUT2D eigenvalue weighted by molar-refractivity contribution is 7.92. The molecule has 3 rings (SSSR count). The molecule has 0 saturated carbocycles. The molecular weight excluding hydrogens is 425 g/mol. The Labute approximate surface area is 181 Å². The second-order valence-corrected chi connectivity index (χ2v) is 10.6. The monoisotopic (exact) mass is 451 g/mol. The number of hydrogen-bond donors (Lipinski definition) is 2. The lowest BCUT2D eigenvalue weighted by Gasteiger charge is -2.34. The van der Waals surface area contributed by atoms with Gasteiger partial charge in [0.05, 0.1) is 34.8 Å². The first-order chi connectivity index (χ1) is 14.5. The summed E-state index contributed by atoms with van der Waals surface area (Å²) in [4.78, 5) is 16.3. The number of nitrogens with one attached hydrogen (secondary N) is 1. The Kier molecular flexibility index (Phi) is 6.51. The van der Waals surface area contributed by atoms with Crippen molar-refractivity contribution >= 4 is 27.5 Å². The van der Waals surface area contributed by atoms with Crippen molar-refractivity contribution in [1.29, 1.82) is 0 Å². The molecular formula is C21H26FN3O5S. The second kappa shape index (κ2) is 8.80. The number of aliphatic hydroxyl groups is 1. The Morgan fingerprint density at radius 1 is 1.32 bits per heavy atom. The summed E-state index contributed by atoms with van der Waals surface area (Å²) in [7, 11) is -4.04. The first-order valence-corrected chi connectivity index (χ1v) is 11.3. The van der Waals surface area contributed by atoms with E-state index in [0.29, 0.717) is 17.8 Å². The van der Waals surface area contributed by atoms with Crippen LogP contribution >= 0.6 is 0 Å². The molecule has 1 aliphatic heterocycles. The first-order valence-electron chi connectivity index (χ1n) is 9.81. The number of halogens is 1. The number of fused-ring (bicyclic) bond motifs is 1. The van der Waals surface area contributed by atoms with Gasteiger partial charge in [0.25, 0.3) is 10.0 Å². The molecule has 31 heavy (non-hydrogen) atoms. The highest BCUT2D eigenvalue weighted by Crippen LogP contribution is 2.34. The molecule has 2 aromatic rings. The average molecular weight is 452 g/mol. The zero-order chi connectivity index (χ0) is 22.8. The van der Waals surface area contributed by atoms with Crippen molar-refractivity contribution in [2.75, 3.05) is 29.4 Å². The van der Waals surface area contributed by atoms with E-state index in [0.717, 1.165) is 16.4 Å². The molecule has 0 fully saturated rings. The smallest absolute Gasteiger partial charge is 0.411 e. The summed E-state index contributed by atoms with van der Waals surface area (Å²) in [6.07, 6.45) is 1.13. The number of amides is 1. The average Bonchev–Trinajstić information content (AvgIpc) is 2.71. The summed E-state index contributed by atoms with van der Waals surface area (Å²) in [5, 5.41) is 12.2. The fourth-order valence-electron chi connectivity index (χ4n) is 3.11. The van der Waals surface area contributed by atoms with Crippen LogP contribution in [0, 0.1) is 17.2 Å². The molecule has 0 spiro atoms. The quantitative estimate of drug-likeness (QED) is 0.723. The van der Waals surface area contributed by atoms with Crippen LogP contribution < -0.4 is 9.62 Å². The predicted octanol–water partition coefficient (Wildman–Crippen LogP) is 3.18. The fraction of sp³-hybridized carbons (Fsp3) is 0.429. The Morgan fingerprint density at radius 2 is 2.00 bits per heavy atom. The van der Waals surface area contributed by atoms with Crippen LogP contribution in [0.3, 0.4) is 0 Å². The summed E-state index contributed by atoms with van der Waals surface area (Å²) < 4.78 is 46.1. The number of sulfonamides is 1. The van der Waals surface area contributed by atoms with Gasteiger partial charge in [0, 0.05) is 19.1 Å². The van der Waals surface area contributed by atoms with Gasteiger partial charge < -0.3 is 9.84 Å². The van der Waals surface area contributed by atoms with Crippen LogP contribution in [0.4, 0.5) is 20.6 Å². The minimum absolute atomic E-state index is 0.0306. The summed E-state index contributed by atoms with van der Waals surface area (Å²) in [5.74, 6) is -0.890. The highest BCUT2D eigenvalue weighted by Gasteiger charge is 2.34. The van der Waals surface area contributed by atoms with Gasteiger partial charge in [-0.05, 0) is 42.2 Å². The molecule has 1 amide bonds. The van der Waals surface area contributed by atoms with Crippen molar-refractivity contribution < 1.29 is 27.4 Å². The summed E-state index contributed by atoms with van der Waals surface area (Å²) in [6.45, 7) is 5.81. The van der Waals surface area contributed by atoms with Crippen LogP contribution in [0.15, 0.2) is 41.4 Å². The van der Waals surface area contributed by atoms with Crippen molar-refractivity contribution in [1.82, 2.24) is 4.98 Å². The number of aromatic nitrogens is 1. The van der Waals surface area contributed by atoms with Gasteiger partial charge in [-0.25, -0.2) is 17.6 Å². The number of hydrogen-bond acceptors (Lipinski definition) is 6. The zero-order valence-corrected chi connectivity index (χ0v) is 18.4. The number of carbonyl (C=O) groups is 1. The fourth-order valence-corrected chi connectivity index (χ4v) is 4.67. The van der Waals surface area contributed by atoms with Crippen LogP contribution in [-0.4, -0.2) is 44.4 Å². The van der Waals surface area contributed by atoms with Crippen LogP contribution in [0.5, 0.6) is 0 Å². The lowest BCUT2D eigenvalue weighted by atomic mass is 9.98. The van der Waals surface area contributed by atoms with Crippen molar-refractivity contribution in [3.05, 3.63) is 48.0 Å². The van der Waals surface area contributed by atoms with Crippen LogP contribution in [0.1, 0.15) is 26.5 Å². The second-order valence-electron chi connectivity index (χ2n) is 8.69. The Balaban J connectivity index is 1.92. The van der Waals surface area contributed by atoms with E-state index < -0.39 is 21.9 Å². The molecule has 0 aliphatic carbocycles. The lowest BCUT2D eigenvalue weighted by molar-refractivity contribution is 0.118. The minimum Gasteiger partial charge on any atom is -0.449 e. The van der Waals surface area contributed by atoms with Crippen molar-refractivity contribution in [3.63, 3.8) is 0 Å². The highest BCUT2D eigenvalue weighted by atomic mass is 32.2. The molecule has 2 heterocycles. The largest absolute Gasteiger partial charge is 0.449 e. The topological polar surface area (TPSA) is 109 Å². The van der Waals surface area contributed by atoms with E-state index in [-0.39, 0.29) is 41.7 Å². The lowest BCUT2D eigenvalue weighted by Crippen LogP contribution is -2.41. The van der Waals surface area contributed by atoms with E-state index in [9.17, 15) is 22.7 Å². The number of nitrogens with zero attached hydrogens (tertiary/aromatic N) is 2. The van der Waals surface area contributed by atoms with Gasteiger partial charge in [-0.3, -0.25) is 14.6 Å². The molecule has 1 aromatic heterocycles. The van der Waals surface area contributed by atoms with Gasteiger partial charge >= 0.3 is 6.09 Å². The molecule has 0 radical (unpaired) electrons. The maximum Gasteiger partial charge on any atom is 0.411 e. The Bertz CT molecular complexity index is 1050. The SMILES string of the molecule is CC(C)(C)COC(=O)Nc1cnc2c(c1)N(S(=O)(=O)c1ccc(F)cc1)C[C@@H](CO)C2. The van der Waals surface area contributed by atoms with Crippen molar-refractivity contribution in [2.45, 2.75) is 32.1 Å². The molecule has 0 unspecified atom stereocenters. The zero-order valence-electron chi connectivity index (χ0n) is 17.6.